The van der Waals surface area contributed by atoms with Crippen LogP contribution in [-0.4, -0.2) is 40.6 Å². The van der Waals surface area contributed by atoms with E-state index in [1.165, 1.54) is 0 Å². The first-order valence-corrected chi connectivity index (χ1v) is 12.1. The molecule has 2 fully saturated rings. The predicted octanol–water partition coefficient (Wildman–Crippen LogP) is 4.78. The number of aliphatic hydroxyl groups excluding tert-OH is 2. The van der Waals surface area contributed by atoms with Gasteiger partial charge in [0.2, 0.25) is 0 Å². The summed E-state index contributed by atoms with van der Waals surface area (Å²) in [6, 6.07) is 23.2. The van der Waals surface area contributed by atoms with E-state index in [9.17, 15) is 10.2 Å². The van der Waals surface area contributed by atoms with E-state index in [-0.39, 0.29) is 0 Å². The van der Waals surface area contributed by atoms with Crippen LogP contribution in [-0.2, 0) is 27.2 Å². The fourth-order valence-corrected chi connectivity index (χ4v) is 4.73. The number of halogens is 1. The van der Waals surface area contributed by atoms with Gasteiger partial charge in [-0.2, -0.15) is 0 Å². The number of hydrogen-bond donors (Lipinski definition) is 2. The highest BCUT2D eigenvalue weighted by Crippen LogP contribution is 2.41. The fraction of sp³-hybridized carbons (Fsp3) is 0.357. The molecule has 35 heavy (non-hydrogen) atoms. The zero-order valence-corrected chi connectivity index (χ0v) is 20.4. The van der Waals surface area contributed by atoms with Crippen molar-refractivity contribution in [2.24, 2.45) is 0 Å². The summed E-state index contributed by atoms with van der Waals surface area (Å²) in [5.74, 6) is -0.0413. The molecule has 3 aromatic carbocycles. The highest BCUT2D eigenvalue weighted by molar-refractivity contribution is 6.31. The van der Waals surface area contributed by atoms with Gasteiger partial charge in [0, 0.05) is 5.02 Å². The van der Waals surface area contributed by atoms with E-state index in [0.717, 1.165) is 22.4 Å². The first-order valence-electron chi connectivity index (χ1n) is 11.7. The summed E-state index contributed by atoms with van der Waals surface area (Å²) < 4.78 is 23.1. The molecule has 2 aliphatic rings. The average Bonchev–Trinajstić information content (AvgIpc) is 3.32. The van der Waals surface area contributed by atoms with Gasteiger partial charge >= 0.3 is 0 Å². The van der Waals surface area contributed by atoms with Crippen LogP contribution in [0.5, 0.6) is 5.75 Å². The lowest BCUT2D eigenvalue weighted by Crippen LogP contribution is -2.37. The van der Waals surface area contributed by atoms with Crippen molar-refractivity contribution in [3.63, 3.8) is 0 Å². The van der Waals surface area contributed by atoms with E-state index in [1.807, 2.05) is 60.7 Å². The lowest BCUT2D eigenvalue weighted by Gasteiger charge is -2.26. The highest BCUT2D eigenvalue weighted by Gasteiger charge is 2.56. The smallest absolute Gasteiger partial charge is 0.190 e. The van der Waals surface area contributed by atoms with Crippen LogP contribution in [0.3, 0.4) is 0 Å². The summed E-state index contributed by atoms with van der Waals surface area (Å²) >= 11 is 6.47. The summed E-state index contributed by atoms with van der Waals surface area (Å²) in [5.41, 5.74) is 3.64. The minimum Gasteiger partial charge on any atom is -0.489 e. The van der Waals surface area contributed by atoms with Gasteiger partial charge in [0.15, 0.2) is 12.1 Å². The van der Waals surface area contributed by atoms with E-state index in [2.05, 4.69) is 0 Å². The number of fused-ring (bicyclic) bond motifs is 1. The maximum absolute atomic E-state index is 11.0. The summed E-state index contributed by atoms with van der Waals surface area (Å²) in [4.78, 5) is 0. The Morgan fingerprint density at radius 3 is 2.43 bits per heavy atom. The lowest BCUT2D eigenvalue weighted by molar-refractivity contribution is -0.226. The number of benzene rings is 3. The predicted molar refractivity (Wildman–Crippen MR) is 131 cm³/mol. The molecular weight excluding hydrogens is 468 g/mol. The van der Waals surface area contributed by atoms with Crippen LogP contribution in [0.2, 0.25) is 5.02 Å². The van der Waals surface area contributed by atoms with Crippen LogP contribution >= 0.6 is 11.6 Å². The zero-order chi connectivity index (χ0) is 24.6. The Morgan fingerprint density at radius 2 is 1.71 bits per heavy atom. The van der Waals surface area contributed by atoms with Crippen LogP contribution in [0.15, 0.2) is 72.8 Å². The first kappa shape index (κ1) is 24.3. The molecule has 0 amide bonds. The van der Waals surface area contributed by atoms with Crippen LogP contribution in [0.1, 0.15) is 42.2 Å². The SMILES string of the molecule is CC1(C)O[C@@H]2O[C@@H]([C@@H](O)c3ccc(Cl)c(Cc4ccc(OCc5ccccc5)cc4)c3)[C@@H](O)[C@@H]2O1. The molecule has 5 atom stereocenters. The third-order valence-electron chi connectivity index (χ3n) is 6.34. The molecule has 5 rings (SSSR count). The van der Waals surface area contributed by atoms with Gasteiger partial charge in [0.25, 0.3) is 0 Å². The minimum absolute atomic E-state index is 0.510. The second-order valence-electron chi connectivity index (χ2n) is 9.45. The van der Waals surface area contributed by atoms with Gasteiger partial charge in [-0.3, -0.25) is 0 Å². The van der Waals surface area contributed by atoms with Crippen molar-refractivity contribution in [2.45, 2.75) is 63.4 Å². The molecule has 0 unspecified atom stereocenters. The number of aliphatic hydroxyl groups is 2. The second kappa shape index (κ2) is 9.90. The van der Waals surface area contributed by atoms with E-state index in [4.69, 9.17) is 30.5 Å². The molecule has 0 bridgehead atoms. The topological polar surface area (TPSA) is 77.4 Å². The molecule has 2 heterocycles. The van der Waals surface area contributed by atoms with Crippen LogP contribution in [0.25, 0.3) is 0 Å². The van der Waals surface area contributed by atoms with E-state index >= 15 is 0 Å². The van der Waals surface area contributed by atoms with Gasteiger partial charge in [-0.15, -0.1) is 0 Å². The van der Waals surface area contributed by atoms with Gasteiger partial charge in [-0.1, -0.05) is 66.2 Å². The van der Waals surface area contributed by atoms with E-state index < -0.39 is 36.5 Å². The van der Waals surface area contributed by atoms with E-state index in [0.29, 0.717) is 23.6 Å². The van der Waals surface area contributed by atoms with Gasteiger partial charge in [-0.05, 0) is 60.7 Å². The fourth-order valence-electron chi connectivity index (χ4n) is 4.55. The molecule has 2 saturated heterocycles. The monoisotopic (exact) mass is 496 g/mol. The summed E-state index contributed by atoms with van der Waals surface area (Å²) in [5, 5.41) is 22.3. The molecule has 184 valence electrons. The number of ether oxygens (including phenoxy) is 4. The Morgan fingerprint density at radius 1 is 0.971 bits per heavy atom. The Bertz CT molecular complexity index is 1150. The summed E-state index contributed by atoms with van der Waals surface area (Å²) in [7, 11) is 0. The van der Waals surface area contributed by atoms with Gasteiger partial charge < -0.3 is 29.2 Å². The van der Waals surface area contributed by atoms with Crippen molar-refractivity contribution in [1.82, 2.24) is 0 Å². The molecule has 0 aromatic heterocycles. The molecule has 2 aliphatic heterocycles. The standard InChI is InChI=1S/C28H29ClO6/c1-28(2)34-26-24(31)25(33-27(26)35-28)23(30)19-10-13-22(29)20(15-19)14-17-8-11-21(12-9-17)32-16-18-6-4-3-5-7-18/h3-13,15,23-27,30-31H,14,16H2,1-2H3/t23-,24+,25-,26-,27-/m0/s1. The molecule has 0 radical (unpaired) electrons. The normalized spacial score (nSPS) is 25.9. The maximum Gasteiger partial charge on any atom is 0.190 e. The van der Waals surface area contributed by atoms with Crippen molar-refractivity contribution in [1.29, 1.82) is 0 Å². The van der Waals surface area contributed by atoms with Gasteiger partial charge in [0.05, 0.1) is 0 Å². The highest BCUT2D eigenvalue weighted by atomic mass is 35.5. The molecule has 3 aromatic rings. The average molecular weight is 497 g/mol. The molecule has 0 spiro atoms. The summed E-state index contributed by atoms with van der Waals surface area (Å²) in [6.45, 7) is 4.04. The third-order valence-corrected chi connectivity index (χ3v) is 6.71. The van der Waals surface area contributed by atoms with Crippen LogP contribution < -0.4 is 4.74 Å². The largest absolute Gasteiger partial charge is 0.489 e. The molecular formula is C28H29ClO6. The second-order valence-corrected chi connectivity index (χ2v) is 9.86. The molecule has 7 heteroatoms. The van der Waals surface area contributed by atoms with Crippen molar-refractivity contribution in [3.05, 3.63) is 100 Å². The van der Waals surface area contributed by atoms with Crippen LogP contribution in [0.4, 0.5) is 0 Å². The van der Waals surface area contributed by atoms with Gasteiger partial charge in [0.1, 0.15) is 36.8 Å². The Kier molecular flexibility index (Phi) is 6.86. The maximum atomic E-state index is 11.0. The van der Waals surface area contributed by atoms with Crippen molar-refractivity contribution >= 4 is 11.6 Å². The zero-order valence-electron chi connectivity index (χ0n) is 19.6. The molecule has 6 nitrogen and oxygen atoms in total. The van der Waals surface area contributed by atoms with Crippen molar-refractivity contribution in [2.75, 3.05) is 0 Å². The van der Waals surface area contributed by atoms with Crippen LogP contribution in [0, 0.1) is 0 Å². The lowest BCUT2D eigenvalue weighted by atomic mass is 9.96. The Labute approximate surface area is 210 Å². The van der Waals surface area contributed by atoms with E-state index in [1.54, 1.807) is 26.0 Å². The first-order chi connectivity index (χ1) is 16.8. The molecule has 2 N–H and O–H groups in total. The van der Waals surface area contributed by atoms with Crippen molar-refractivity contribution in [3.8, 4) is 5.75 Å². The minimum atomic E-state index is -1.06. The Hall–Kier alpha value is -2.45. The van der Waals surface area contributed by atoms with Crippen molar-refractivity contribution < 1.29 is 29.2 Å². The Balaban J connectivity index is 1.24. The number of rotatable bonds is 7. The van der Waals surface area contributed by atoms with Gasteiger partial charge in [-0.25, -0.2) is 0 Å². The number of hydrogen-bond acceptors (Lipinski definition) is 6. The quantitative estimate of drug-likeness (QED) is 0.490. The molecule has 0 saturated carbocycles. The third kappa shape index (κ3) is 5.38. The molecule has 0 aliphatic carbocycles. The summed E-state index contributed by atoms with van der Waals surface area (Å²) in [6.07, 6.45) is -3.71.